The van der Waals surface area contributed by atoms with Crippen molar-refractivity contribution in [3.8, 4) is 5.75 Å². The maximum atomic E-state index is 11.5. The van der Waals surface area contributed by atoms with E-state index in [1.54, 1.807) is 0 Å². The maximum Gasteiger partial charge on any atom is 0.142 e. The Labute approximate surface area is 200 Å². The molecule has 3 aliphatic carbocycles. The van der Waals surface area contributed by atoms with Crippen LogP contribution in [0.4, 0.5) is 0 Å². The first-order valence-corrected chi connectivity index (χ1v) is 12.9. The van der Waals surface area contributed by atoms with E-state index >= 15 is 0 Å². The molecule has 5 atom stereocenters. The normalized spacial score (nSPS) is 34.7. The highest BCUT2D eigenvalue weighted by Gasteiger charge is 2.56. The monoisotopic (exact) mass is 450 g/mol. The zero-order chi connectivity index (χ0) is 23.6. The molecule has 4 nitrogen and oxygen atoms in total. The Morgan fingerprint density at radius 1 is 1.21 bits per heavy atom. The molecule has 1 heterocycles. The van der Waals surface area contributed by atoms with Crippen LogP contribution < -0.4 is 4.74 Å². The Bertz CT molecular complexity index is 920. The topological polar surface area (TPSA) is 42.4 Å². The molecule has 2 saturated carbocycles. The second-order valence-electron chi connectivity index (χ2n) is 11.3. The molecule has 4 unspecified atom stereocenters. The van der Waals surface area contributed by atoms with Gasteiger partial charge >= 0.3 is 0 Å². The van der Waals surface area contributed by atoms with Gasteiger partial charge in [0.2, 0.25) is 0 Å². The zero-order valence-corrected chi connectivity index (χ0v) is 21.3. The Morgan fingerprint density at radius 2 is 2.03 bits per heavy atom. The number of carbonyl (C=O) groups excluding carboxylic acids is 1. The number of carbonyl (C=O) groups is 1. The van der Waals surface area contributed by atoms with Crippen LogP contribution >= 0.6 is 0 Å². The predicted octanol–water partition coefficient (Wildman–Crippen LogP) is 6.18. The molecule has 1 aromatic heterocycles. The summed E-state index contributed by atoms with van der Waals surface area (Å²) in [6.45, 7) is 8.88. The van der Waals surface area contributed by atoms with Crippen molar-refractivity contribution in [1.29, 1.82) is 0 Å². The number of fused-ring (bicyclic) bond motifs is 3. The molecule has 2 fully saturated rings. The fourth-order valence-electron chi connectivity index (χ4n) is 7.36. The third-order valence-corrected chi connectivity index (χ3v) is 9.16. The highest BCUT2D eigenvalue weighted by Crippen LogP contribution is 2.66. The molecule has 0 saturated heterocycles. The Balaban J connectivity index is 1.60. The molecular formula is C29H42N2O2. The van der Waals surface area contributed by atoms with E-state index < -0.39 is 0 Å². The number of rotatable bonds is 8. The largest absolute Gasteiger partial charge is 0.492 e. The summed E-state index contributed by atoms with van der Waals surface area (Å²) in [6.07, 6.45) is 17.3. The molecule has 33 heavy (non-hydrogen) atoms. The van der Waals surface area contributed by atoms with Gasteiger partial charge in [0, 0.05) is 6.20 Å². The lowest BCUT2D eigenvalue weighted by Gasteiger charge is -2.57. The average molecular weight is 451 g/mol. The van der Waals surface area contributed by atoms with Crippen molar-refractivity contribution >= 4 is 11.9 Å². The van der Waals surface area contributed by atoms with Crippen molar-refractivity contribution < 1.29 is 9.53 Å². The molecule has 0 N–H and O–H groups in total. The number of ether oxygens (including phenoxy) is 1. The lowest BCUT2D eigenvalue weighted by Crippen LogP contribution is -2.49. The van der Waals surface area contributed by atoms with Gasteiger partial charge in [-0.2, -0.15) is 0 Å². The first-order chi connectivity index (χ1) is 15.8. The number of aldehydes is 1. The molecule has 0 aliphatic heterocycles. The average Bonchev–Trinajstić information content (AvgIpc) is 3.16. The second-order valence-corrected chi connectivity index (χ2v) is 11.3. The van der Waals surface area contributed by atoms with E-state index in [2.05, 4.69) is 56.9 Å². The molecule has 0 aromatic carbocycles. The summed E-state index contributed by atoms with van der Waals surface area (Å²) in [5.74, 6) is 2.91. The summed E-state index contributed by atoms with van der Waals surface area (Å²) < 4.78 is 5.89. The minimum Gasteiger partial charge on any atom is -0.492 e. The lowest BCUT2D eigenvalue weighted by molar-refractivity contribution is -0.104. The Morgan fingerprint density at radius 3 is 2.76 bits per heavy atom. The standard InChI is InChI=1S/C29H42N2O2/c1-6-17-33-23-18-21(19-30-20-23)25-9-10-26-24-8-7-22(12-16-32)28(2,14-15-31(4)5)27(24)11-13-29(25,26)3/h9,12,16,18-20,24,26-27H,6-8,10-11,13-15,17H2,1-5H3/b22-12-/t24?,26-,27?,28?,29?/m0/s1. The van der Waals surface area contributed by atoms with Gasteiger partial charge in [-0.05, 0) is 117 Å². The summed E-state index contributed by atoms with van der Waals surface area (Å²) >= 11 is 0. The van der Waals surface area contributed by atoms with Gasteiger partial charge in [-0.1, -0.05) is 32.4 Å². The van der Waals surface area contributed by atoms with E-state index in [1.807, 2.05) is 18.5 Å². The fourth-order valence-corrected chi connectivity index (χ4v) is 7.36. The van der Waals surface area contributed by atoms with Crippen LogP contribution in [0.15, 0.2) is 36.2 Å². The lowest BCUT2D eigenvalue weighted by atomic mass is 9.47. The van der Waals surface area contributed by atoms with Crippen molar-refractivity contribution in [1.82, 2.24) is 9.88 Å². The van der Waals surface area contributed by atoms with Gasteiger partial charge in [0.25, 0.3) is 0 Å². The number of nitrogens with zero attached hydrogens (tertiary/aromatic N) is 2. The van der Waals surface area contributed by atoms with E-state index in [9.17, 15) is 4.79 Å². The van der Waals surface area contributed by atoms with Crippen molar-refractivity contribution in [3.63, 3.8) is 0 Å². The van der Waals surface area contributed by atoms with Gasteiger partial charge in [0.15, 0.2) is 0 Å². The van der Waals surface area contributed by atoms with Gasteiger partial charge < -0.3 is 9.64 Å². The van der Waals surface area contributed by atoms with Gasteiger partial charge in [-0.25, -0.2) is 0 Å². The summed E-state index contributed by atoms with van der Waals surface area (Å²) in [5.41, 5.74) is 4.42. The molecule has 4 rings (SSSR count). The van der Waals surface area contributed by atoms with Gasteiger partial charge in [0.05, 0.1) is 12.8 Å². The Kier molecular flexibility index (Phi) is 7.14. The SMILES string of the molecule is CCCOc1cncc(C2=CC[C@H]3C4CC/C(=C/C=O)C(C)(CCN(C)C)C4CCC23C)c1. The molecular weight excluding hydrogens is 408 g/mol. The summed E-state index contributed by atoms with van der Waals surface area (Å²) in [4.78, 5) is 18.3. The highest BCUT2D eigenvalue weighted by atomic mass is 16.5. The zero-order valence-electron chi connectivity index (χ0n) is 21.3. The number of pyridine rings is 1. The molecule has 0 spiro atoms. The summed E-state index contributed by atoms with van der Waals surface area (Å²) in [6, 6.07) is 2.20. The van der Waals surface area contributed by atoms with Crippen LogP contribution in [0.1, 0.15) is 71.3 Å². The van der Waals surface area contributed by atoms with Crippen LogP contribution in [-0.2, 0) is 4.79 Å². The number of aromatic nitrogens is 1. The first kappa shape index (κ1) is 24.2. The van der Waals surface area contributed by atoms with Gasteiger partial charge in [-0.15, -0.1) is 0 Å². The Hall–Kier alpha value is -1.94. The number of hydrogen-bond acceptors (Lipinski definition) is 4. The van der Waals surface area contributed by atoms with E-state index in [1.165, 1.54) is 36.0 Å². The maximum absolute atomic E-state index is 11.5. The molecule has 0 bridgehead atoms. The smallest absolute Gasteiger partial charge is 0.142 e. The number of hydrogen-bond donors (Lipinski definition) is 0. The third-order valence-electron chi connectivity index (χ3n) is 9.16. The van der Waals surface area contributed by atoms with Crippen LogP contribution in [0.25, 0.3) is 5.57 Å². The van der Waals surface area contributed by atoms with Crippen LogP contribution in [-0.4, -0.2) is 43.4 Å². The molecule has 1 aromatic rings. The fraction of sp³-hybridized carbons (Fsp3) is 0.655. The van der Waals surface area contributed by atoms with Crippen LogP contribution in [0.5, 0.6) is 5.75 Å². The van der Waals surface area contributed by atoms with Gasteiger partial charge in [-0.3, -0.25) is 9.78 Å². The minimum atomic E-state index is 0.119. The van der Waals surface area contributed by atoms with Crippen LogP contribution in [0, 0.1) is 28.6 Å². The molecule has 4 heteroatoms. The first-order valence-electron chi connectivity index (χ1n) is 12.9. The predicted molar refractivity (Wildman–Crippen MR) is 135 cm³/mol. The van der Waals surface area contributed by atoms with Crippen LogP contribution in [0.2, 0.25) is 0 Å². The second kappa shape index (κ2) is 9.74. The molecule has 3 aliphatic rings. The number of allylic oxidation sites excluding steroid dienone is 4. The van der Waals surface area contributed by atoms with E-state index in [0.29, 0.717) is 17.8 Å². The molecule has 0 radical (unpaired) electrons. The molecule has 0 amide bonds. The molecule has 180 valence electrons. The van der Waals surface area contributed by atoms with Crippen molar-refractivity contribution in [3.05, 3.63) is 41.7 Å². The van der Waals surface area contributed by atoms with Crippen molar-refractivity contribution in [2.75, 3.05) is 27.2 Å². The minimum absolute atomic E-state index is 0.119. The highest BCUT2D eigenvalue weighted by molar-refractivity contribution is 5.73. The van der Waals surface area contributed by atoms with Crippen molar-refractivity contribution in [2.45, 2.75) is 65.7 Å². The van der Waals surface area contributed by atoms with Crippen molar-refractivity contribution in [2.24, 2.45) is 28.6 Å². The van der Waals surface area contributed by atoms with Gasteiger partial charge in [0.1, 0.15) is 12.0 Å². The third kappa shape index (κ3) is 4.43. The quantitative estimate of drug-likeness (QED) is 0.350. The summed E-state index contributed by atoms with van der Waals surface area (Å²) in [5, 5.41) is 0. The van der Waals surface area contributed by atoms with E-state index in [-0.39, 0.29) is 10.8 Å². The van der Waals surface area contributed by atoms with E-state index in [0.717, 1.165) is 50.9 Å². The van der Waals surface area contributed by atoms with E-state index in [4.69, 9.17) is 4.74 Å². The van der Waals surface area contributed by atoms with Crippen LogP contribution in [0.3, 0.4) is 0 Å². The summed E-state index contributed by atoms with van der Waals surface area (Å²) in [7, 11) is 4.31.